The van der Waals surface area contributed by atoms with Gasteiger partial charge in [-0.3, -0.25) is 0 Å². The van der Waals surface area contributed by atoms with E-state index in [1.54, 1.807) is 0 Å². The molecule has 19 heavy (non-hydrogen) atoms. The second-order valence-corrected chi connectivity index (χ2v) is 7.46. The van der Waals surface area contributed by atoms with E-state index in [0.717, 1.165) is 5.92 Å². The van der Waals surface area contributed by atoms with Crippen LogP contribution in [0.3, 0.4) is 0 Å². The average molecular weight is 268 g/mol. The molecule has 2 nitrogen and oxygen atoms in total. The van der Waals surface area contributed by atoms with E-state index >= 15 is 0 Å². The number of piperazine rings is 1. The molecule has 0 aliphatic carbocycles. The molecule has 1 aliphatic rings. The standard InChI is InChI=1S/C17H36N2/c1-5-16(9-10-17(2,3)4)8-6-7-13-19-14-11-18-12-15-19/h16,18H,5-15H2,1-4H3/t16-/m0/s1. The molecule has 0 saturated carbocycles. The number of nitrogens with one attached hydrogen (secondary N) is 1. The third-order valence-electron chi connectivity index (χ3n) is 4.43. The Morgan fingerprint density at radius 1 is 1.05 bits per heavy atom. The number of rotatable bonds is 8. The van der Waals surface area contributed by atoms with Crippen LogP contribution in [0, 0.1) is 11.3 Å². The molecule has 0 aromatic heterocycles. The van der Waals surface area contributed by atoms with Gasteiger partial charge >= 0.3 is 0 Å². The van der Waals surface area contributed by atoms with Crippen LogP contribution >= 0.6 is 0 Å². The smallest absolute Gasteiger partial charge is 0.0107 e. The maximum atomic E-state index is 3.42. The second kappa shape index (κ2) is 8.97. The Morgan fingerprint density at radius 3 is 2.32 bits per heavy atom. The predicted octanol–water partition coefficient (Wildman–Crippen LogP) is 3.91. The monoisotopic (exact) mass is 268 g/mol. The van der Waals surface area contributed by atoms with Gasteiger partial charge in [-0.1, -0.05) is 47.0 Å². The van der Waals surface area contributed by atoms with Crippen LogP contribution in [-0.4, -0.2) is 37.6 Å². The average Bonchev–Trinajstić information content (AvgIpc) is 2.38. The van der Waals surface area contributed by atoms with Crippen LogP contribution in [0.1, 0.15) is 66.2 Å². The van der Waals surface area contributed by atoms with Gasteiger partial charge in [-0.25, -0.2) is 0 Å². The van der Waals surface area contributed by atoms with Crippen molar-refractivity contribution in [2.24, 2.45) is 11.3 Å². The van der Waals surface area contributed by atoms with E-state index in [2.05, 4.69) is 37.9 Å². The second-order valence-electron chi connectivity index (χ2n) is 7.46. The highest BCUT2D eigenvalue weighted by Gasteiger charge is 2.14. The van der Waals surface area contributed by atoms with E-state index in [1.807, 2.05) is 0 Å². The van der Waals surface area contributed by atoms with Crippen LogP contribution in [0.25, 0.3) is 0 Å². The van der Waals surface area contributed by atoms with Gasteiger partial charge in [-0.2, -0.15) is 0 Å². The van der Waals surface area contributed by atoms with Crippen molar-refractivity contribution in [1.82, 2.24) is 10.2 Å². The van der Waals surface area contributed by atoms with Crippen LogP contribution in [0.15, 0.2) is 0 Å². The molecule has 1 rings (SSSR count). The van der Waals surface area contributed by atoms with Crippen LogP contribution in [0.2, 0.25) is 0 Å². The molecule has 0 aromatic carbocycles. The summed E-state index contributed by atoms with van der Waals surface area (Å²) in [6, 6.07) is 0. The minimum atomic E-state index is 0.508. The van der Waals surface area contributed by atoms with E-state index < -0.39 is 0 Å². The Labute approximate surface area is 121 Å². The van der Waals surface area contributed by atoms with Crippen molar-refractivity contribution < 1.29 is 0 Å². The molecule has 0 bridgehead atoms. The first kappa shape index (κ1) is 17.0. The first-order valence-electron chi connectivity index (χ1n) is 8.44. The molecule has 0 spiro atoms. The number of nitrogens with zero attached hydrogens (tertiary/aromatic N) is 1. The summed E-state index contributed by atoms with van der Waals surface area (Å²) in [5.74, 6) is 0.960. The van der Waals surface area contributed by atoms with Crippen LogP contribution in [-0.2, 0) is 0 Å². The lowest BCUT2D eigenvalue weighted by molar-refractivity contribution is 0.232. The van der Waals surface area contributed by atoms with Crippen LogP contribution in [0.5, 0.6) is 0 Å². The van der Waals surface area contributed by atoms with Crippen molar-refractivity contribution in [2.45, 2.75) is 66.2 Å². The van der Waals surface area contributed by atoms with E-state index in [9.17, 15) is 0 Å². The molecule has 1 heterocycles. The fraction of sp³-hybridized carbons (Fsp3) is 1.00. The summed E-state index contributed by atoms with van der Waals surface area (Å²) in [5, 5.41) is 3.42. The summed E-state index contributed by atoms with van der Waals surface area (Å²) in [6.07, 6.45) is 8.43. The van der Waals surface area contributed by atoms with Gasteiger partial charge in [0.25, 0.3) is 0 Å². The van der Waals surface area contributed by atoms with Gasteiger partial charge < -0.3 is 10.2 Å². The highest BCUT2D eigenvalue weighted by molar-refractivity contribution is 4.69. The molecule has 0 aromatic rings. The first-order chi connectivity index (χ1) is 9.01. The van der Waals surface area contributed by atoms with E-state index in [0.29, 0.717) is 5.41 Å². The van der Waals surface area contributed by atoms with Crippen molar-refractivity contribution in [3.8, 4) is 0 Å². The third kappa shape index (κ3) is 8.65. The molecule has 1 atom stereocenters. The third-order valence-corrected chi connectivity index (χ3v) is 4.43. The van der Waals surface area contributed by atoms with Gasteiger partial charge in [-0.15, -0.1) is 0 Å². The Balaban J connectivity index is 2.05. The molecule has 0 radical (unpaired) electrons. The van der Waals surface area contributed by atoms with E-state index in [-0.39, 0.29) is 0 Å². The fourth-order valence-corrected chi connectivity index (χ4v) is 2.89. The normalized spacial score (nSPS) is 19.6. The molecule has 0 unspecified atom stereocenters. The number of hydrogen-bond donors (Lipinski definition) is 1. The lowest BCUT2D eigenvalue weighted by Crippen LogP contribution is -2.43. The highest BCUT2D eigenvalue weighted by atomic mass is 15.2. The summed E-state index contributed by atoms with van der Waals surface area (Å²) < 4.78 is 0. The number of unbranched alkanes of at least 4 members (excludes halogenated alkanes) is 1. The summed E-state index contributed by atoms with van der Waals surface area (Å²) in [5.41, 5.74) is 0.508. The van der Waals surface area contributed by atoms with Gasteiger partial charge in [0.2, 0.25) is 0 Å². The minimum Gasteiger partial charge on any atom is -0.314 e. The Kier molecular flexibility index (Phi) is 8.01. The molecule has 0 amide bonds. The van der Waals surface area contributed by atoms with Crippen molar-refractivity contribution in [2.75, 3.05) is 32.7 Å². The maximum absolute atomic E-state index is 3.42. The molecule has 1 aliphatic heterocycles. The van der Waals surface area contributed by atoms with Gasteiger partial charge in [0, 0.05) is 26.2 Å². The van der Waals surface area contributed by atoms with Crippen molar-refractivity contribution in [3.63, 3.8) is 0 Å². The quantitative estimate of drug-likeness (QED) is 0.671. The Bertz CT molecular complexity index is 214. The Hall–Kier alpha value is -0.0800. The van der Waals surface area contributed by atoms with Gasteiger partial charge in [0.1, 0.15) is 0 Å². The van der Waals surface area contributed by atoms with Crippen molar-refractivity contribution in [1.29, 1.82) is 0 Å². The van der Waals surface area contributed by atoms with Gasteiger partial charge in [0.15, 0.2) is 0 Å². The highest BCUT2D eigenvalue weighted by Crippen LogP contribution is 2.27. The van der Waals surface area contributed by atoms with Crippen molar-refractivity contribution >= 4 is 0 Å². The molecule has 114 valence electrons. The zero-order valence-corrected chi connectivity index (χ0v) is 13.8. The summed E-state index contributed by atoms with van der Waals surface area (Å²) in [4.78, 5) is 2.62. The largest absolute Gasteiger partial charge is 0.314 e. The predicted molar refractivity (Wildman–Crippen MR) is 85.6 cm³/mol. The molecular formula is C17H36N2. The zero-order chi connectivity index (χ0) is 14.1. The molecular weight excluding hydrogens is 232 g/mol. The van der Waals surface area contributed by atoms with Crippen molar-refractivity contribution in [3.05, 3.63) is 0 Å². The fourth-order valence-electron chi connectivity index (χ4n) is 2.89. The summed E-state index contributed by atoms with van der Waals surface area (Å²) in [7, 11) is 0. The summed E-state index contributed by atoms with van der Waals surface area (Å²) >= 11 is 0. The molecule has 1 saturated heterocycles. The lowest BCUT2D eigenvalue weighted by Gasteiger charge is -2.27. The van der Waals surface area contributed by atoms with E-state index in [1.165, 1.54) is 71.2 Å². The molecule has 1 N–H and O–H groups in total. The minimum absolute atomic E-state index is 0.508. The van der Waals surface area contributed by atoms with E-state index in [4.69, 9.17) is 0 Å². The van der Waals surface area contributed by atoms with Gasteiger partial charge in [-0.05, 0) is 37.1 Å². The Morgan fingerprint density at radius 2 is 1.74 bits per heavy atom. The molecule has 2 heteroatoms. The maximum Gasteiger partial charge on any atom is 0.0107 e. The molecule has 1 fully saturated rings. The zero-order valence-electron chi connectivity index (χ0n) is 13.8. The van der Waals surface area contributed by atoms with Crippen LogP contribution < -0.4 is 5.32 Å². The van der Waals surface area contributed by atoms with Crippen LogP contribution in [0.4, 0.5) is 0 Å². The topological polar surface area (TPSA) is 15.3 Å². The summed E-state index contributed by atoms with van der Waals surface area (Å²) in [6.45, 7) is 15.6. The first-order valence-corrected chi connectivity index (χ1v) is 8.44. The van der Waals surface area contributed by atoms with Gasteiger partial charge in [0.05, 0.1) is 0 Å². The number of hydrogen-bond acceptors (Lipinski definition) is 2. The SMILES string of the molecule is CC[C@@H](CCCCN1CCNCC1)CCC(C)(C)C. The lowest BCUT2D eigenvalue weighted by atomic mass is 9.84.